The van der Waals surface area contributed by atoms with E-state index in [2.05, 4.69) is 5.32 Å². The zero-order valence-corrected chi connectivity index (χ0v) is 17.8. The highest BCUT2D eigenvalue weighted by Gasteiger charge is 2.33. The maximum absolute atomic E-state index is 12.7. The van der Waals surface area contributed by atoms with Gasteiger partial charge in [-0.15, -0.1) is 0 Å². The van der Waals surface area contributed by atoms with Gasteiger partial charge in [-0.1, -0.05) is 42.5 Å². The minimum atomic E-state index is -3.59. The van der Waals surface area contributed by atoms with Gasteiger partial charge in [-0.2, -0.15) is 17.0 Å². The molecule has 8 heteroatoms. The Bertz CT molecular complexity index is 975. The third kappa shape index (κ3) is 4.60. The Labute approximate surface area is 172 Å². The second-order valence-electron chi connectivity index (χ2n) is 7.20. The molecule has 1 unspecified atom stereocenters. The van der Waals surface area contributed by atoms with Crippen LogP contribution in [0.5, 0.6) is 5.75 Å². The fourth-order valence-corrected chi connectivity index (χ4v) is 4.71. The monoisotopic (exact) mass is 417 g/mol. The van der Waals surface area contributed by atoms with E-state index in [1.54, 1.807) is 7.11 Å². The Morgan fingerprint density at radius 1 is 1.10 bits per heavy atom. The van der Waals surface area contributed by atoms with Crippen molar-refractivity contribution >= 4 is 16.1 Å². The number of amides is 1. The first-order chi connectivity index (χ1) is 13.8. The van der Waals surface area contributed by atoms with Crippen LogP contribution in [0.4, 0.5) is 0 Å². The minimum absolute atomic E-state index is 0.128. The van der Waals surface area contributed by atoms with Gasteiger partial charge in [0, 0.05) is 39.3 Å². The smallest absolute Gasteiger partial charge is 0.281 e. The Hall–Kier alpha value is -2.42. The summed E-state index contributed by atoms with van der Waals surface area (Å²) in [5, 5.41) is 2.85. The summed E-state index contributed by atoms with van der Waals surface area (Å²) in [5.41, 5.74) is 2.89. The molecule has 1 saturated heterocycles. The summed E-state index contributed by atoms with van der Waals surface area (Å²) >= 11 is 0. The number of methoxy groups -OCH3 is 1. The number of hydrogen-bond donors (Lipinski definition) is 1. The molecule has 1 aliphatic rings. The highest BCUT2D eigenvalue weighted by Crippen LogP contribution is 2.33. The molecule has 0 spiro atoms. The molecular weight excluding hydrogens is 390 g/mol. The lowest BCUT2D eigenvalue weighted by atomic mass is 9.91. The van der Waals surface area contributed by atoms with Crippen molar-refractivity contribution in [2.75, 3.05) is 40.8 Å². The van der Waals surface area contributed by atoms with Crippen molar-refractivity contribution in [2.45, 2.75) is 6.42 Å². The Morgan fingerprint density at radius 3 is 2.45 bits per heavy atom. The molecule has 0 saturated carbocycles. The molecule has 1 heterocycles. The fourth-order valence-electron chi connectivity index (χ4n) is 3.56. The molecule has 0 radical (unpaired) electrons. The molecule has 2 aromatic rings. The first-order valence-electron chi connectivity index (χ1n) is 9.51. The van der Waals surface area contributed by atoms with Gasteiger partial charge in [0.25, 0.3) is 10.2 Å². The zero-order valence-electron chi connectivity index (χ0n) is 17.0. The molecule has 29 heavy (non-hydrogen) atoms. The number of benzene rings is 2. The van der Waals surface area contributed by atoms with Crippen LogP contribution in [0.25, 0.3) is 11.1 Å². The summed E-state index contributed by atoms with van der Waals surface area (Å²) in [5.74, 6) is 0.140. The topological polar surface area (TPSA) is 79.0 Å². The first kappa shape index (κ1) is 21.3. The van der Waals surface area contributed by atoms with Gasteiger partial charge in [0.05, 0.1) is 13.0 Å². The van der Waals surface area contributed by atoms with Crippen molar-refractivity contribution in [3.63, 3.8) is 0 Å². The Morgan fingerprint density at radius 2 is 1.76 bits per heavy atom. The van der Waals surface area contributed by atoms with E-state index in [9.17, 15) is 13.2 Å². The predicted octanol–water partition coefficient (Wildman–Crippen LogP) is 1.76. The number of nitrogens with one attached hydrogen (secondary N) is 1. The number of rotatable bonds is 6. The Balaban J connectivity index is 1.93. The van der Waals surface area contributed by atoms with Gasteiger partial charge in [-0.3, -0.25) is 4.79 Å². The van der Waals surface area contributed by atoms with Crippen LogP contribution in [-0.2, 0) is 21.4 Å². The molecule has 7 nitrogen and oxygen atoms in total. The predicted molar refractivity (Wildman–Crippen MR) is 113 cm³/mol. The van der Waals surface area contributed by atoms with Crippen LogP contribution in [0, 0.1) is 5.92 Å². The molecule has 1 aliphatic heterocycles. The van der Waals surface area contributed by atoms with E-state index in [0.717, 1.165) is 22.4 Å². The minimum Gasteiger partial charge on any atom is -0.496 e. The summed E-state index contributed by atoms with van der Waals surface area (Å²) in [7, 11) is 1.04. The van der Waals surface area contributed by atoms with Crippen LogP contribution in [0.2, 0.25) is 0 Å². The van der Waals surface area contributed by atoms with Crippen LogP contribution in [0.3, 0.4) is 0 Å². The molecule has 156 valence electrons. The third-order valence-corrected chi connectivity index (χ3v) is 7.03. The maximum atomic E-state index is 12.7. The van der Waals surface area contributed by atoms with Gasteiger partial charge in [0.2, 0.25) is 5.91 Å². The zero-order chi connectivity index (χ0) is 21.0. The van der Waals surface area contributed by atoms with E-state index < -0.39 is 16.1 Å². The van der Waals surface area contributed by atoms with Crippen molar-refractivity contribution in [2.24, 2.45) is 5.92 Å². The molecule has 1 atom stereocenters. The second kappa shape index (κ2) is 8.94. The number of para-hydroxylation sites is 1. The third-order valence-electron chi connectivity index (χ3n) is 5.12. The summed E-state index contributed by atoms with van der Waals surface area (Å²) < 4.78 is 33.3. The number of ether oxygens (including phenoxy) is 1. The standard InChI is InChI=1S/C21H27N3O4S/c1-23(2)29(26,27)24-13-12-22-21(25)17(15-24)14-16-8-4-5-9-18(16)19-10-6-7-11-20(19)28-3/h4-11,17H,12-15H2,1-3H3,(H,22,25). The molecule has 0 aliphatic carbocycles. The van der Waals surface area contributed by atoms with Crippen molar-refractivity contribution in [3.05, 3.63) is 54.1 Å². The SMILES string of the molecule is COc1ccccc1-c1ccccc1CC1CN(S(=O)(=O)N(C)C)CCNC1=O. The molecule has 0 bridgehead atoms. The lowest BCUT2D eigenvalue weighted by molar-refractivity contribution is -0.124. The lowest BCUT2D eigenvalue weighted by Gasteiger charge is -2.26. The van der Waals surface area contributed by atoms with Gasteiger partial charge in [-0.05, 0) is 23.6 Å². The molecule has 2 aromatic carbocycles. The van der Waals surface area contributed by atoms with Crippen molar-refractivity contribution in [1.29, 1.82) is 0 Å². The Kier molecular flexibility index (Phi) is 6.56. The summed E-state index contributed by atoms with van der Waals surface area (Å²) in [6, 6.07) is 15.6. The van der Waals surface area contributed by atoms with Crippen LogP contribution < -0.4 is 10.1 Å². The van der Waals surface area contributed by atoms with E-state index in [4.69, 9.17) is 4.74 Å². The first-order valence-corrected chi connectivity index (χ1v) is 10.9. The average Bonchev–Trinajstić information content (AvgIpc) is 2.90. The van der Waals surface area contributed by atoms with Crippen LogP contribution in [0.1, 0.15) is 5.56 Å². The van der Waals surface area contributed by atoms with Gasteiger partial charge in [0.1, 0.15) is 5.75 Å². The lowest BCUT2D eigenvalue weighted by Crippen LogP contribution is -2.43. The summed E-state index contributed by atoms with van der Waals surface area (Å²) in [6.07, 6.45) is 0.430. The van der Waals surface area contributed by atoms with Gasteiger partial charge < -0.3 is 10.1 Å². The van der Waals surface area contributed by atoms with Crippen LogP contribution >= 0.6 is 0 Å². The maximum Gasteiger partial charge on any atom is 0.281 e. The number of nitrogens with zero attached hydrogens (tertiary/aromatic N) is 2. The molecule has 3 rings (SSSR count). The fraction of sp³-hybridized carbons (Fsp3) is 0.381. The second-order valence-corrected chi connectivity index (χ2v) is 9.34. The highest BCUT2D eigenvalue weighted by molar-refractivity contribution is 7.86. The van der Waals surface area contributed by atoms with E-state index in [1.807, 2.05) is 48.5 Å². The van der Waals surface area contributed by atoms with Gasteiger partial charge in [0.15, 0.2) is 0 Å². The summed E-state index contributed by atoms with van der Waals surface area (Å²) in [4.78, 5) is 12.7. The quantitative estimate of drug-likeness (QED) is 0.777. The molecule has 1 N–H and O–H groups in total. The van der Waals surface area contributed by atoms with Gasteiger partial charge >= 0.3 is 0 Å². The highest BCUT2D eigenvalue weighted by atomic mass is 32.2. The average molecular weight is 418 g/mol. The van der Waals surface area contributed by atoms with Crippen molar-refractivity contribution < 1.29 is 17.9 Å². The normalized spacial score (nSPS) is 18.3. The molecule has 1 fully saturated rings. The van der Waals surface area contributed by atoms with Crippen LogP contribution in [-0.4, -0.2) is 63.8 Å². The molecule has 0 aromatic heterocycles. The van der Waals surface area contributed by atoms with Crippen LogP contribution in [0.15, 0.2) is 48.5 Å². The molecular formula is C21H27N3O4S. The molecule has 1 amide bonds. The van der Waals surface area contributed by atoms with Gasteiger partial charge in [-0.25, -0.2) is 0 Å². The van der Waals surface area contributed by atoms with E-state index in [-0.39, 0.29) is 19.0 Å². The van der Waals surface area contributed by atoms with Crippen molar-refractivity contribution in [1.82, 2.24) is 13.9 Å². The summed E-state index contributed by atoms with van der Waals surface area (Å²) in [6.45, 7) is 0.708. The number of carbonyl (C=O) groups is 1. The van der Waals surface area contributed by atoms with E-state index >= 15 is 0 Å². The number of carbonyl (C=O) groups excluding carboxylic acids is 1. The van der Waals surface area contributed by atoms with E-state index in [0.29, 0.717) is 13.0 Å². The number of hydrogen-bond acceptors (Lipinski definition) is 4. The van der Waals surface area contributed by atoms with E-state index in [1.165, 1.54) is 22.7 Å². The largest absolute Gasteiger partial charge is 0.496 e. The van der Waals surface area contributed by atoms with Crippen molar-refractivity contribution in [3.8, 4) is 16.9 Å².